The van der Waals surface area contributed by atoms with Gasteiger partial charge in [0.15, 0.2) is 0 Å². The highest BCUT2D eigenvalue weighted by Crippen LogP contribution is 2.26. The molecule has 1 aromatic heterocycles. The summed E-state index contributed by atoms with van der Waals surface area (Å²) in [5.41, 5.74) is 1.82. The van der Waals surface area contributed by atoms with Crippen molar-refractivity contribution in [2.45, 2.75) is 12.8 Å². The molecule has 2 nitrogen and oxygen atoms in total. The zero-order valence-electron chi connectivity index (χ0n) is 7.46. The lowest BCUT2D eigenvalue weighted by Crippen LogP contribution is -2.02. The Morgan fingerprint density at radius 1 is 1.21 bits per heavy atom. The maximum absolute atomic E-state index is 12.9. The number of nitrogens with zero attached hydrogens (tertiary/aromatic N) is 1. The third-order valence-electron chi connectivity index (χ3n) is 2.68. The van der Waals surface area contributed by atoms with Crippen LogP contribution in [0.5, 0.6) is 0 Å². The van der Waals surface area contributed by atoms with Gasteiger partial charge in [-0.3, -0.25) is 9.36 Å². The Morgan fingerprint density at radius 2 is 2.07 bits per heavy atom. The van der Waals surface area contributed by atoms with E-state index in [0.29, 0.717) is 6.42 Å². The number of fused-ring (bicyclic) bond motifs is 3. The van der Waals surface area contributed by atoms with Crippen LogP contribution >= 0.6 is 0 Å². The number of hydrogen-bond acceptors (Lipinski definition) is 1. The second-order valence-electron chi connectivity index (χ2n) is 3.57. The van der Waals surface area contributed by atoms with Gasteiger partial charge in [0.25, 0.3) is 0 Å². The van der Waals surface area contributed by atoms with Crippen LogP contribution in [-0.4, -0.2) is 10.5 Å². The van der Waals surface area contributed by atoms with Crippen LogP contribution in [0.15, 0.2) is 24.3 Å². The van der Waals surface area contributed by atoms with Crippen LogP contribution in [0.4, 0.5) is 4.39 Å². The summed E-state index contributed by atoms with van der Waals surface area (Å²) in [6.07, 6.45) is 1.35. The molecule has 2 heterocycles. The van der Waals surface area contributed by atoms with E-state index in [-0.39, 0.29) is 11.7 Å². The molecule has 0 saturated heterocycles. The predicted octanol–water partition coefficient (Wildman–Crippen LogP) is 2.37. The van der Waals surface area contributed by atoms with E-state index in [1.54, 1.807) is 10.6 Å². The van der Waals surface area contributed by atoms with Crippen LogP contribution in [-0.2, 0) is 6.42 Å². The van der Waals surface area contributed by atoms with Crippen LogP contribution in [0.25, 0.3) is 10.9 Å². The second-order valence-corrected chi connectivity index (χ2v) is 3.57. The Morgan fingerprint density at radius 3 is 2.93 bits per heavy atom. The van der Waals surface area contributed by atoms with Crippen LogP contribution in [0.1, 0.15) is 16.9 Å². The summed E-state index contributed by atoms with van der Waals surface area (Å²) >= 11 is 0. The zero-order valence-corrected chi connectivity index (χ0v) is 7.46. The van der Waals surface area contributed by atoms with Gasteiger partial charge in [-0.2, -0.15) is 0 Å². The van der Waals surface area contributed by atoms with Crippen molar-refractivity contribution in [3.63, 3.8) is 0 Å². The van der Waals surface area contributed by atoms with Gasteiger partial charge in [-0.25, -0.2) is 4.39 Å². The molecule has 0 amide bonds. The minimum Gasteiger partial charge on any atom is -0.284 e. The van der Waals surface area contributed by atoms with E-state index in [9.17, 15) is 9.18 Å². The first kappa shape index (κ1) is 7.74. The first-order valence-corrected chi connectivity index (χ1v) is 4.59. The average Bonchev–Trinajstić information content (AvgIpc) is 2.66. The summed E-state index contributed by atoms with van der Waals surface area (Å²) in [6, 6.07) is 6.41. The number of benzene rings is 1. The van der Waals surface area contributed by atoms with Crippen LogP contribution < -0.4 is 0 Å². The minimum atomic E-state index is -0.255. The number of hydrogen-bond donors (Lipinski definition) is 0. The normalized spacial score (nSPS) is 15.1. The van der Waals surface area contributed by atoms with E-state index >= 15 is 0 Å². The van der Waals surface area contributed by atoms with Gasteiger partial charge in [0, 0.05) is 17.5 Å². The minimum absolute atomic E-state index is 0.113. The molecule has 0 fully saturated rings. The zero-order chi connectivity index (χ0) is 9.71. The van der Waals surface area contributed by atoms with Gasteiger partial charge in [0.1, 0.15) is 5.82 Å². The fourth-order valence-corrected chi connectivity index (χ4v) is 2.07. The number of carbonyl (C=O) groups excluding carboxylic acids is 1. The Kier molecular flexibility index (Phi) is 1.35. The van der Waals surface area contributed by atoms with Crippen LogP contribution in [0.2, 0.25) is 0 Å². The molecule has 2 aromatic rings. The van der Waals surface area contributed by atoms with Crippen molar-refractivity contribution in [2.24, 2.45) is 0 Å². The second kappa shape index (κ2) is 2.44. The van der Waals surface area contributed by atoms with Crippen molar-refractivity contribution in [3.05, 3.63) is 35.8 Å². The number of carbonyl (C=O) groups is 1. The highest BCUT2D eigenvalue weighted by Gasteiger charge is 2.21. The summed E-state index contributed by atoms with van der Waals surface area (Å²) in [4.78, 5) is 11.5. The molecular weight excluding hydrogens is 181 g/mol. The van der Waals surface area contributed by atoms with Crippen LogP contribution in [0, 0.1) is 5.82 Å². The quantitative estimate of drug-likeness (QED) is 0.623. The molecular formula is C11H8FNO. The SMILES string of the molecule is O=C1CCc2cc3cc(F)ccc3n21. The summed E-state index contributed by atoms with van der Waals surface area (Å²) in [7, 11) is 0. The van der Waals surface area contributed by atoms with Crippen molar-refractivity contribution in [1.29, 1.82) is 0 Å². The fourth-order valence-electron chi connectivity index (χ4n) is 2.07. The van der Waals surface area contributed by atoms with Crippen molar-refractivity contribution in [1.82, 2.24) is 4.57 Å². The molecule has 0 aliphatic carbocycles. The molecule has 70 valence electrons. The number of halogens is 1. The monoisotopic (exact) mass is 189 g/mol. The molecule has 1 aliphatic rings. The Bertz CT molecular complexity index is 541. The molecule has 1 aliphatic heterocycles. The molecule has 1 aromatic carbocycles. The molecule has 3 rings (SSSR count). The van der Waals surface area contributed by atoms with Gasteiger partial charge < -0.3 is 0 Å². The van der Waals surface area contributed by atoms with Crippen molar-refractivity contribution in [3.8, 4) is 0 Å². The molecule has 0 atom stereocenters. The topological polar surface area (TPSA) is 22.0 Å². The standard InChI is InChI=1S/C11H8FNO/c12-8-1-3-10-7(5-8)6-9-2-4-11(14)13(9)10/h1,3,5-6H,2,4H2. The Hall–Kier alpha value is -1.64. The Labute approximate surface area is 79.9 Å². The lowest BCUT2D eigenvalue weighted by atomic mass is 10.2. The summed E-state index contributed by atoms with van der Waals surface area (Å²) in [6.45, 7) is 0. The summed E-state index contributed by atoms with van der Waals surface area (Å²) < 4.78 is 14.6. The smallest absolute Gasteiger partial charge is 0.231 e. The van der Waals surface area contributed by atoms with Gasteiger partial charge in [-0.1, -0.05) is 0 Å². The van der Waals surface area contributed by atoms with Gasteiger partial charge in [-0.05, 0) is 30.7 Å². The van der Waals surface area contributed by atoms with Crippen molar-refractivity contribution < 1.29 is 9.18 Å². The maximum Gasteiger partial charge on any atom is 0.231 e. The van der Waals surface area contributed by atoms with Gasteiger partial charge >= 0.3 is 0 Å². The number of rotatable bonds is 0. The number of aromatic nitrogens is 1. The molecule has 14 heavy (non-hydrogen) atoms. The van der Waals surface area contributed by atoms with Gasteiger partial charge in [0.2, 0.25) is 5.91 Å². The predicted molar refractivity (Wildman–Crippen MR) is 50.8 cm³/mol. The summed E-state index contributed by atoms with van der Waals surface area (Å²) in [5.74, 6) is -0.143. The van der Waals surface area contributed by atoms with Gasteiger partial charge in [-0.15, -0.1) is 0 Å². The van der Waals surface area contributed by atoms with E-state index in [0.717, 1.165) is 23.0 Å². The van der Waals surface area contributed by atoms with E-state index in [1.165, 1.54) is 12.1 Å². The third kappa shape index (κ3) is 0.867. The first-order valence-electron chi connectivity index (χ1n) is 4.59. The lowest BCUT2D eigenvalue weighted by Gasteiger charge is -1.97. The molecule has 0 unspecified atom stereocenters. The lowest BCUT2D eigenvalue weighted by molar-refractivity contribution is 0.0928. The van der Waals surface area contributed by atoms with Gasteiger partial charge in [0.05, 0.1) is 5.52 Å². The molecule has 0 bridgehead atoms. The Balaban J connectivity index is 2.41. The van der Waals surface area contributed by atoms with Crippen molar-refractivity contribution >= 4 is 16.8 Å². The van der Waals surface area contributed by atoms with E-state index < -0.39 is 0 Å². The molecule has 0 N–H and O–H groups in total. The number of aryl methyl sites for hydroxylation is 1. The fraction of sp³-hybridized carbons (Fsp3) is 0.182. The maximum atomic E-state index is 12.9. The first-order chi connectivity index (χ1) is 6.75. The van der Waals surface area contributed by atoms with E-state index in [4.69, 9.17) is 0 Å². The molecule has 3 heteroatoms. The molecule has 0 radical (unpaired) electrons. The highest BCUT2D eigenvalue weighted by molar-refractivity contribution is 5.95. The average molecular weight is 189 g/mol. The largest absolute Gasteiger partial charge is 0.284 e. The molecule has 0 spiro atoms. The third-order valence-corrected chi connectivity index (χ3v) is 2.68. The van der Waals surface area contributed by atoms with Crippen molar-refractivity contribution in [2.75, 3.05) is 0 Å². The van der Waals surface area contributed by atoms with Crippen LogP contribution in [0.3, 0.4) is 0 Å². The molecule has 0 saturated carbocycles. The van der Waals surface area contributed by atoms with E-state index in [2.05, 4.69) is 0 Å². The van der Waals surface area contributed by atoms with E-state index in [1.807, 2.05) is 6.07 Å². The summed E-state index contributed by atoms with van der Waals surface area (Å²) in [5, 5.41) is 0.813. The highest BCUT2D eigenvalue weighted by atomic mass is 19.1.